The molecule has 3 rings (SSSR count). The molecule has 0 saturated heterocycles. The Bertz CT molecular complexity index is 952. The summed E-state index contributed by atoms with van der Waals surface area (Å²) >= 11 is 2.56. The molecule has 9 heteroatoms. The Kier molecular flexibility index (Phi) is 5.65. The first kappa shape index (κ1) is 18.1. The number of furan rings is 1. The second-order valence-corrected chi connectivity index (χ2v) is 7.16. The molecule has 3 aromatic heterocycles. The van der Waals surface area contributed by atoms with E-state index in [-0.39, 0.29) is 11.5 Å². The fraction of sp³-hybridized carbons (Fsp3) is 0.235. The van der Waals surface area contributed by atoms with E-state index >= 15 is 0 Å². The van der Waals surface area contributed by atoms with Crippen molar-refractivity contribution < 1.29 is 9.21 Å². The van der Waals surface area contributed by atoms with E-state index in [0.29, 0.717) is 28.3 Å². The van der Waals surface area contributed by atoms with Crippen LogP contribution < -0.4 is 0 Å². The van der Waals surface area contributed by atoms with Crippen molar-refractivity contribution in [1.29, 1.82) is 5.26 Å². The molecule has 3 heterocycles. The average molecular weight is 385 g/mol. The predicted molar refractivity (Wildman–Crippen MR) is 98.9 cm³/mol. The molecule has 132 valence electrons. The number of aryl methyl sites for hydroxylation is 1. The Balaban J connectivity index is 1.76. The summed E-state index contributed by atoms with van der Waals surface area (Å²) in [6.07, 6.45) is 3.28. The molecule has 0 spiro atoms. The van der Waals surface area contributed by atoms with Crippen LogP contribution in [0.3, 0.4) is 0 Å². The van der Waals surface area contributed by atoms with Gasteiger partial charge in [0.05, 0.1) is 18.1 Å². The topological polar surface area (TPSA) is 97.6 Å². The number of hydrogen-bond donors (Lipinski definition) is 0. The fourth-order valence-electron chi connectivity index (χ4n) is 2.27. The van der Waals surface area contributed by atoms with Gasteiger partial charge in [-0.1, -0.05) is 17.8 Å². The van der Waals surface area contributed by atoms with Gasteiger partial charge in [-0.05, 0) is 19.1 Å². The maximum absolute atomic E-state index is 12.5. The molecule has 0 bridgehead atoms. The number of Topliss-reactive ketones (excluding diaryl/α,β-unsaturated/α-hetero) is 1. The van der Waals surface area contributed by atoms with Gasteiger partial charge in [0.2, 0.25) is 5.82 Å². The summed E-state index contributed by atoms with van der Waals surface area (Å²) in [7, 11) is 0. The van der Waals surface area contributed by atoms with E-state index in [9.17, 15) is 10.1 Å². The minimum atomic E-state index is -0.860. The highest BCUT2D eigenvalue weighted by molar-refractivity contribution is 7.99. The number of rotatable bonds is 8. The molecule has 0 saturated carbocycles. The lowest BCUT2D eigenvalue weighted by Gasteiger charge is -2.07. The van der Waals surface area contributed by atoms with Crippen LogP contribution in [-0.4, -0.2) is 31.3 Å². The third kappa shape index (κ3) is 3.76. The first-order valence-electron chi connectivity index (χ1n) is 7.69. The number of nitriles is 1. The number of hydrogen-bond acceptors (Lipinski definition) is 8. The van der Waals surface area contributed by atoms with Crippen molar-refractivity contribution in [2.45, 2.75) is 24.5 Å². The van der Waals surface area contributed by atoms with Gasteiger partial charge in [0.25, 0.3) is 0 Å². The number of thiazole rings is 1. The molecule has 0 fully saturated rings. The zero-order chi connectivity index (χ0) is 18.5. The van der Waals surface area contributed by atoms with Crippen LogP contribution >= 0.6 is 23.1 Å². The molecular weight excluding hydrogens is 370 g/mol. The van der Waals surface area contributed by atoms with Crippen LogP contribution in [0.25, 0.3) is 11.6 Å². The lowest BCUT2D eigenvalue weighted by molar-refractivity contribution is -0.116. The standard InChI is InChI=1S/C17H15N5O2S2/c1-3-6-22-15(14-5-4-7-24-14)20-21-17(22)26-10-13(23)12(8-18)16-19-11(2)9-25-16/h3-5,7,9,12H,1,6,10H2,2H3/t12-/m1/s1. The van der Waals surface area contributed by atoms with Gasteiger partial charge in [0, 0.05) is 17.6 Å². The van der Waals surface area contributed by atoms with Gasteiger partial charge >= 0.3 is 0 Å². The Morgan fingerprint density at radius 3 is 3.04 bits per heavy atom. The minimum Gasteiger partial charge on any atom is -0.461 e. The Labute approximate surface area is 158 Å². The van der Waals surface area contributed by atoms with Gasteiger partial charge in [0.1, 0.15) is 5.01 Å². The number of allylic oxidation sites excluding steroid dienone is 1. The van der Waals surface area contributed by atoms with Crippen molar-refractivity contribution in [1.82, 2.24) is 19.7 Å². The average Bonchev–Trinajstić information content (AvgIpc) is 3.36. The lowest BCUT2D eigenvalue weighted by Crippen LogP contribution is -2.14. The van der Waals surface area contributed by atoms with Crippen LogP contribution in [0.15, 0.2) is 46.0 Å². The summed E-state index contributed by atoms with van der Waals surface area (Å²) in [5, 5.41) is 20.6. The summed E-state index contributed by atoms with van der Waals surface area (Å²) < 4.78 is 7.20. The Morgan fingerprint density at radius 1 is 1.58 bits per heavy atom. The Morgan fingerprint density at radius 2 is 2.42 bits per heavy atom. The number of nitrogens with zero attached hydrogens (tertiary/aromatic N) is 5. The van der Waals surface area contributed by atoms with E-state index in [2.05, 4.69) is 21.8 Å². The highest BCUT2D eigenvalue weighted by Crippen LogP contribution is 2.27. The second kappa shape index (κ2) is 8.12. The smallest absolute Gasteiger partial charge is 0.200 e. The molecule has 0 aliphatic rings. The molecule has 0 unspecified atom stereocenters. The number of ketones is 1. The van der Waals surface area contributed by atoms with Crippen molar-refractivity contribution in [2.75, 3.05) is 5.75 Å². The van der Waals surface area contributed by atoms with E-state index < -0.39 is 5.92 Å². The third-order valence-electron chi connectivity index (χ3n) is 3.45. The molecule has 0 amide bonds. The van der Waals surface area contributed by atoms with Crippen molar-refractivity contribution in [2.24, 2.45) is 0 Å². The number of aromatic nitrogens is 4. The molecule has 7 nitrogen and oxygen atoms in total. The van der Waals surface area contributed by atoms with Crippen molar-refractivity contribution >= 4 is 28.9 Å². The van der Waals surface area contributed by atoms with Gasteiger partial charge in [-0.2, -0.15) is 5.26 Å². The van der Waals surface area contributed by atoms with Crippen LogP contribution in [-0.2, 0) is 11.3 Å². The van der Waals surface area contributed by atoms with Crippen molar-refractivity contribution in [3.05, 3.63) is 47.1 Å². The van der Waals surface area contributed by atoms with Crippen LogP contribution in [0.2, 0.25) is 0 Å². The van der Waals surface area contributed by atoms with E-state index in [0.717, 1.165) is 5.69 Å². The molecule has 1 atom stereocenters. The molecular formula is C17H15N5O2S2. The minimum absolute atomic E-state index is 0.101. The Hall–Kier alpha value is -2.70. The number of thioether (sulfide) groups is 1. The van der Waals surface area contributed by atoms with Crippen LogP contribution in [0.4, 0.5) is 0 Å². The van der Waals surface area contributed by atoms with E-state index in [4.69, 9.17) is 4.42 Å². The second-order valence-electron chi connectivity index (χ2n) is 5.33. The highest BCUT2D eigenvalue weighted by atomic mass is 32.2. The first-order chi connectivity index (χ1) is 12.6. The van der Waals surface area contributed by atoms with E-state index in [1.807, 2.05) is 22.9 Å². The first-order valence-corrected chi connectivity index (χ1v) is 9.55. The van der Waals surface area contributed by atoms with E-state index in [1.54, 1.807) is 24.5 Å². The van der Waals surface area contributed by atoms with Gasteiger partial charge in [-0.25, -0.2) is 4.98 Å². The van der Waals surface area contributed by atoms with Crippen LogP contribution in [0, 0.1) is 18.3 Å². The summed E-state index contributed by atoms with van der Waals surface area (Å²) in [6.45, 7) is 6.06. The normalized spacial score (nSPS) is 11.8. The summed E-state index contributed by atoms with van der Waals surface area (Å²) in [4.78, 5) is 16.7. The van der Waals surface area contributed by atoms with Crippen LogP contribution in [0.1, 0.15) is 16.6 Å². The fourth-order valence-corrected chi connectivity index (χ4v) is 3.98. The zero-order valence-electron chi connectivity index (χ0n) is 14.0. The van der Waals surface area contributed by atoms with Gasteiger partial charge in [0.15, 0.2) is 22.6 Å². The van der Waals surface area contributed by atoms with Crippen molar-refractivity contribution in [3.8, 4) is 17.7 Å². The SMILES string of the molecule is C=CCn1c(SCC(=O)[C@@H](C#N)c2nc(C)cs2)nnc1-c1ccco1. The van der Waals surface area contributed by atoms with Crippen LogP contribution in [0.5, 0.6) is 0 Å². The lowest BCUT2D eigenvalue weighted by atomic mass is 10.1. The molecule has 26 heavy (non-hydrogen) atoms. The molecule has 0 radical (unpaired) electrons. The van der Waals surface area contributed by atoms with Gasteiger partial charge in [-0.15, -0.1) is 28.1 Å². The molecule has 0 aliphatic heterocycles. The quantitative estimate of drug-likeness (QED) is 0.432. The summed E-state index contributed by atoms with van der Waals surface area (Å²) in [5.74, 6) is 0.189. The molecule has 0 N–H and O–H groups in total. The monoisotopic (exact) mass is 385 g/mol. The molecule has 3 aromatic rings. The van der Waals surface area contributed by atoms with Crippen molar-refractivity contribution in [3.63, 3.8) is 0 Å². The van der Waals surface area contributed by atoms with Gasteiger partial charge in [-0.3, -0.25) is 9.36 Å². The molecule has 0 aromatic carbocycles. The third-order valence-corrected chi connectivity index (χ3v) is 5.46. The maximum atomic E-state index is 12.5. The maximum Gasteiger partial charge on any atom is 0.200 e. The van der Waals surface area contributed by atoms with E-state index in [1.165, 1.54) is 23.1 Å². The zero-order valence-corrected chi connectivity index (χ0v) is 15.6. The molecule has 0 aliphatic carbocycles. The highest BCUT2D eigenvalue weighted by Gasteiger charge is 2.24. The number of carbonyl (C=O) groups excluding carboxylic acids is 1. The largest absolute Gasteiger partial charge is 0.461 e. The number of carbonyl (C=O) groups is 1. The van der Waals surface area contributed by atoms with Gasteiger partial charge < -0.3 is 4.42 Å². The summed E-state index contributed by atoms with van der Waals surface area (Å²) in [5.41, 5.74) is 0.805. The summed E-state index contributed by atoms with van der Waals surface area (Å²) in [6, 6.07) is 5.61. The predicted octanol–water partition coefficient (Wildman–Crippen LogP) is 3.46.